The van der Waals surface area contributed by atoms with E-state index >= 15 is 0 Å². The Morgan fingerprint density at radius 2 is 1.74 bits per heavy atom. The molecule has 1 saturated carbocycles. The van der Waals surface area contributed by atoms with Crippen molar-refractivity contribution in [2.45, 2.75) is 19.3 Å². The molecule has 1 fully saturated rings. The molecule has 220 valence electrons. The van der Waals surface area contributed by atoms with E-state index in [2.05, 4.69) is 31.5 Å². The molecule has 0 unspecified atom stereocenters. The molecule has 0 bridgehead atoms. The fraction of sp³-hybridized carbons (Fsp3) is 0.226. The van der Waals surface area contributed by atoms with Gasteiger partial charge in [-0.05, 0) is 42.7 Å². The van der Waals surface area contributed by atoms with Crippen molar-refractivity contribution in [3.63, 3.8) is 0 Å². The minimum atomic E-state index is -0.449. The van der Waals surface area contributed by atoms with Crippen LogP contribution in [0, 0.1) is 5.92 Å². The number of pyridine rings is 1. The highest BCUT2D eigenvalue weighted by molar-refractivity contribution is 6.00. The van der Waals surface area contributed by atoms with Gasteiger partial charge in [0.05, 0.1) is 24.9 Å². The van der Waals surface area contributed by atoms with Crippen LogP contribution in [-0.4, -0.2) is 46.6 Å². The van der Waals surface area contributed by atoms with Gasteiger partial charge in [0.1, 0.15) is 5.75 Å². The van der Waals surface area contributed by atoms with E-state index in [1.54, 1.807) is 49.6 Å². The van der Waals surface area contributed by atoms with Gasteiger partial charge in [-0.1, -0.05) is 30.3 Å². The molecule has 0 saturated heterocycles. The van der Waals surface area contributed by atoms with Crippen molar-refractivity contribution < 1.29 is 19.1 Å². The van der Waals surface area contributed by atoms with Gasteiger partial charge in [-0.3, -0.25) is 19.2 Å². The van der Waals surface area contributed by atoms with Crippen LogP contribution in [0.2, 0.25) is 0 Å². The van der Waals surface area contributed by atoms with Crippen molar-refractivity contribution in [1.82, 2.24) is 20.1 Å². The van der Waals surface area contributed by atoms with Gasteiger partial charge in [0.15, 0.2) is 11.5 Å². The fourth-order valence-electron chi connectivity index (χ4n) is 4.54. The lowest BCUT2D eigenvalue weighted by molar-refractivity contribution is -0.117. The number of aryl methyl sites for hydroxylation is 1. The predicted octanol–water partition coefficient (Wildman–Crippen LogP) is 3.48. The zero-order valence-electron chi connectivity index (χ0n) is 23.9. The van der Waals surface area contributed by atoms with Crippen LogP contribution in [0.4, 0.5) is 22.9 Å². The monoisotopic (exact) mass is 581 g/mol. The summed E-state index contributed by atoms with van der Waals surface area (Å²) in [6.07, 6.45) is 3.29. The van der Waals surface area contributed by atoms with Crippen LogP contribution >= 0.6 is 0 Å². The molecule has 2 heterocycles. The smallest absolute Gasteiger partial charge is 0.273 e. The summed E-state index contributed by atoms with van der Waals surface area (Å²) in [6, 6.07) is 17.7. The van der Waals surface area contributed by atoms with Gasteiger partial charge in [-0.15, -0.1) is 10.2 Å². The molecule has 1 aliphatic rings. The second kappa shape index (κ2) is 12.6. The third-order valence-electron chi connectivity index (χ3n) is 6.96. The van der Waals surface area contributed by atoms with E-state index in [4.69, 9.17) is 4.74 Å². The van der Waals surface area contributed by atoms with Gasteiger partial charge in [0.2, 0.25) is 11.8 Å². The Kier molecular flexibility index (Phi) is 8.46. The number of ether oxygens (including phenoxy) is 1. The Bertz CT molecular complexity index is 1750. The number of nitrogens with zero attached hydrogens (tertiary/aromatic N) is 3. The highest BCUT2D eigenvalue weighted by Crippen LogP contribution is 2.39. The van der Waals surface area contributed by atoms with Crippen LogP contribution in [-0.2, 0) is 23.1 Å². The van der Waals surface area contributed by atoms with Crippen molar-refractivity contribution in [2.24, 2.45) is 13.0 Å². The lowest BCUT2D eigenvalue weighted by Gasteiger charge is -2.17. The summed E-state index contributed by atoms with van der Waals surface area (Å²) in [4.78, 5) is 49.6. The molecular weight excluding hydrogens is 550 g/mol. The molecule has 2 aromatic heterocycles. The van der Waals surface area contributed by atoms with Gasteiger partial charge in [0.25, 0.3) is 11.5 Å². The van der Waals surface area contributed by atoms with Crippen LogP contribution in [0.15, 0.2) is 71.7 Å². The first kappa shape index (κ1) is 29.0. The zero-order valence-corrected chi connectivity index (χ0v) is 23.9. The maximum atomic E-state index is 12.6. The maximum Gasteiger partial charge on any atom is 0.273 e. The fourth-order valence-corrected chi connectivity index (χ4v) is 4.54. The van der Waals surface area contributed by atoms with Crippen LogP contribution in [0.5, 0.6) is 5.75 Å². The number of rotatable bonds is 10. The van der Waals surface area contributed by atoms with Crippen LogP contribution < -0.4 is 31.6 Å². The first-order valence-electron chi connectivity index (χ1n) is 13.7. The largest absolute Gasteiger partial charge is 0.494 e. The number of methoxy groups -OCH3 is 1. The molecule has 5 rings (SSSR count). The Balaban J connectivity index is 1.37. The number of benzene rings is 2. The molecule has 1 aliphatic carbocycles. The number of nitrogens with one attached hydrogen (secondary N) is 4. The summed E-state index contributed by atoms with van der Waals surface area (Å²) in [5, 5.41) is 19.4. The lowest BCUT2D eigenvalue weighted by Crippen LogP contribution is -2.24. The molecule has 12 nitrogen and oxygen atoms in total. The van der Waals surface area contributed by atoms with Crippen LogP contribution in [0.1, 0.15) is 28.9 Å². The van der Waals surface area contributed by atoms with Crippen LogP contribution in [0.3, 0.4) is 0 Å². The number of anilines is 4. The molecule has 0 atom stereocenters. The zero-order chi connectivity index (χ0) is 30.5. The number of carbonyl (C=O) groups excluding carboxylic acids is 3. The molecule has 3 amide bonds. The molecule has 4 N–H and O–H groups in total. The van der Waals surface area contributed by atoms with Crippen molar-refractivity contribution >= 4 is 40.6 Å². The first-order valence-corrected chi connectivity index (χ1v) is 13.7. The third-order valence-corrected chi connectivity index (χ3v) is 6.96. The topological polar surface area (TPSA) is 156 Å². The average molecular weight is 582 g/mol. The highest BCUT2D eigenvalue weighted by atomic mass is 16.5. The second-order valence-electron chi connectivity index (χ2n) is 10.1. The maximum absolute atomic E-state index is 12.6. The Morgan fingerprint density at radius 3 is 2.44 bits per heavy atom. The van der Waals surface area contributed by atoms with Crippen molar-refractivity contribution in [3.05, 3.63) is 88.5 Å². The quantitative estimate of drug-likeness (QED) is 0.222. The van der Waals surface area contributed by atoms with Crippen molar-refractivity contribution in [1.29, 1.82) is 0 Å². The normalized spacial score (nSPS) is 12.3. The summed E-state index contributed by atoms with van der Waals surface area (Å²) < 4.78 is 7.21. The number of hydrogen-bond donors (Lipinski definition) is 4. The molecule has 12 heteroatoms. The third kappa shape index (κ3) is 6.70. The van der Waals surface area contributed by atoms with E-state index in [0.717, 1.165) is 24.0 Å². The predicted molar refractivity (Wildman–Crippen MR) is 163 cm³/mol. The minimum absolute atomic E-state index is 0.0220. The molecule has 0 radical (unpaired) electrons. The Hall–Kier alpha value is -5.52. The van der Waals surface area contributed by atoms with Gasteiger partial charge in [0, 0.05) is 49.1 Å². The molecule has 4 aromatic rings. The number of aromatic nitrogens is 3. The number of hydrogen-bond acceptors (Lipinski definition) is 8. The Morgan fingerprint density at radius 1 is 0.977 bits per heavy atom. The molecule has 0 spiro atoms. The number of para-hydroxylation sites is 1. The highest BCUT2D eigenvalue weighted by Gasteiger charge is 2.30. The number of carbonyl (C=O) groups is 3. The minimum Gasteiger partial charge on any atom is -0.494 e. The summed E-state index contributed by atoms with van der Waals surface area (Å²) in [5.74, 6) is -0.168. The van der Waals surface area contributed by atoms with Gasteiger partial charge in [-0.2, -0.15) is 0 Å². The molecule has 2 aromatic carbocycles. The van der Waals surface area contributed by atoms with E-state index in [9.17, 15) is 19.2 Å². The standard InChI is InChI=1S/C31H31N7O5/c1-32-30(41)27-24(17-25(36-37-27)35-29(40)19-9-10-19)34-23-8-4-7-22(28(23)43-3)18-11-13-21(14-12-18)33-26(39)16-20-6-5-15-38(2)31(20)42/h4-8,11-15,17,19H,9-10,16H2,1-3H3,(H,32,41)(H,33,39)(H2,34,35,36,40). The first-order chi connectivity index (χ1) is 20.8. The summed E-state index contributed by atoms with van der Waals surface area (Å²) in [5.41, 5.74) is 3.28. The molecule has 43 heavy (non-hydrogen) atoms. The van der Waals surface area contributed by atoms with E-state index in [1.807, 2.05) is 24.3 Å². The van der Waals surface area contributed by atoms with E-state index in [0.29, 0.717) is 28.4 Å². The van der Waals surface area contributed by atoms with Crippen LogP contribution in [0.25, 0.3) is 11.1 Å². The average Bonchev–Trinajstić information content (AvgIpc) is 3.86. The molecular formula is C31H31N7O5. The van der Waals surface area contributed by atoms with Crippen molar-refractivity contribution in [2.75, 3.05) is 30.1 Å². The van der Waals surface area contributed by atoms with E-state index in [-0.39, 0.29) is 41.2 Å². The van der Waals surface area contributed by atoms with Gasteiger partial charge in [-0.25, -0.2) is 0 Å². The number of amides is 3. The van der Waals surface area contributed by atoms with Gasteiger partial charge >= 0.3 is 0 Å². The summed E-state index contributed by atoms with van der Waals surface area (Å²) >= 11 is 0. The molecule has 0 aliphatic heterocycles. The van der Waals surface area contributed by atoms with Gasteiger partial charge < -0.3 is 30.6 Å². The second-order valence-corrected chi connectivity index (χ2v) is 10.1. The Labute approximate surface area is 247 Å². The van der Waals surface area contributed by atoms with Crippen molar-refractivity contribution in [3.8, 4) is 16.9 Å². The lowest BCUT2D eigenvalue weighted by atomic mass is 10.0. The summed E-state index contributed by atoms with van der Waals surface area (Å²) in [7, 11) is 4.67. The van der Waals surface area contributed by atoms with E-state index in [1.165, 1.54) is 18.7 Å². The van der Waals surface area contributed by atoms with E-state index < -0.39 is 5.91 Å². The summed E-state index contributed by atoms with van der Waals surface area (Å²) in [6.45, 7) is 0. The SMILES string of the molecule is CNC(=O)c1nnc(NC(=O)C2CC2)cc1Nc1cccc(-c2ccc(NC(=O)Cc3cccn(C)c3=O)cc2)c1OC.